The van der Waals surface area contributed by atoms with Gasteiger partial charge in [0, 0.05) is 18.4 Å². The van der Waals surface area contributed by atoms with Crippen molar-refractivity contribution in [2.75, 3.05) is 0 Å². The molecule has 2 rings (SSSR count). The van der Waals surface area contributed by atoms with Crippen LogP contribution in [0.25, 0.3) is 0 Å². The topological polar surface area (TPSA) is 54.7 Å². The summed E-state index contributed by atoms with van der Waals surface area (Å²) in [5.74, 6) is 0. The molecule has 1 unspecified atom stereocenters. The molecule has 68 valence electrons. The second-order valence-corrected chi connectivity index (χ2v) is 3.57. The zero-order valence-corrected chi connectivity index (χ0v) is 7.53. The molecule has 0 aliphatic heterocycles. The molecule has 3 heteroatoms. The van der Waals surface area contributed by atoms with Crippen LogP contribution >= 0.6 is 0 Å². The molecule has 1 aromatic rings. The van der Waals surface area contributed by atoms with Gasteiger partial charge in [0.25, 0.3) is 0 Å². The van der Waals surface area contributed by atoms with Crippen LogP contribution < -0.4 is 5.73 Å². The number of aromatic nitrogens is 1. The van der Waals surface area contributed by atoms with Gasteiger partial charge in [0.15, 0.2) is 0 Å². The minimum atomic E-state index is 0.184. The Morgan fingerprint density at radius 3 is 3.15 bits per heavy atom. The van der Waals surface area contributed by atoms with Crippen molar-refractivity contribution in [3.05, 3.63) is 23.5 Å². The second-order valence-electron chi connectivity index (χ2n) is 3.57. The van der Waals surface area contributed by atoms with Crippen LogP contribution in [-0.2, 0) is 13.0 Å². The molecule has 0 spiro atoms. The van der Waals surface area contributed by atoms with E-state index in [1.807, 2.05) is 10.8 Å². The first-order valence-corrected chi connectivity index (χ1v) is 4.62. The fourth-order valence-corrected chi connectivity index (χ4v) is 1.96. The molecule has 0 bridgehead atoms. The van der Waals surface area contributed by atoms with Crippen LogP contribution in [0, 0.1) is 11.3 Å². The minimum absolute atomic E-state index is 0.184. The van der Waals surface area contributed by atoms with E-state index in [9.17, 15) is 0 Å². The zero-order chi connectivity index (χ0) is 9.26. The Morgan fingerprint density at radius 1 is 1.62 bits per heavy atom. The quantitative estimate of drug-likeness (QED) is 0.700. The fourth-order valence-electron chi connectivity index (χ4n) is 1.96. The number of nitriles is 1. The van der Waals surface area contributed by atoms with E-state index in [1.54, 1.807) is 0 Å². The number of hydrogen-bond donors (Lipinski definition) is 1. The van der Waals surface area contributed by atoms with Crippen LogP contribution in [0.3, 0.4) is 0 Å². The van der Waals surface area contributed by atoms with Crippen molar-refractivity contribution in [3.8, 4) is 6.07 Å². The van der Waals surface area contributed by atoms with E-state index in [4.69, 9.17) is 11.0 Å². The summed E-state index contributed by atoms with van der Waals surface area (Å²) in [5, 5.41) is 8.54. The third-order valence-electron chi connectivity index (χ3n) is 2.61. The smallest absolute Gasteiger partial charge is 0.109 e. The minimum Gasteiger partial charge on any atom is -0.340 e. The van der Waals surface area contributed by atoms with Crippen molar-refractivity contribution in [1.29, 1.82) is 5.26 Å². The summed E-state index contributed by atoms with van der Waals surface area (Å²) < 4.78 is 1.93. The molecular formula is C10H13N3. The van der Waals surface area contributed by atoms with Crippen molar-refractivity contribution in [1.82, 2.24) is 4.57 Å². The highest BCUT2D eigenvalue weighted by molar-refractivity contribution is 5.30. The van der Waals surface area contributed by atoms with E-state index in [0.717, 1.165) is 12.8 Å². The van der Waals surface area contributed by atoms with Crippen molar-refractivity contribution in [2.45, 2.75) is 31.8 Å². The zero-order valence-electron chi connectivity index (χ0n) is 7.53. The summed E-state index contributed by atoms with van der Waals surface area (Å²) in [5.41, 5.74) is 8.52. The molecule has 13 heavy (non-hydrogen) atoms. The number of hydrogen-bond acceptors (Lipinski definition) is 2. The summed E-state index contributed by atoms with van der Waals surface area (Å²) in [4.78, 5) is 0. The molecule has 0 amide bonds. The van der Waals surface area contributed by atoms with Crippen molar-refractivity contribution >= 4 is 0 Å². The van der Waals surface area contributed by atoms with E-state index >= 15 is 0 Å². The maximum Gasteiger partial charge on any atom is 0.109 e. The number of aryl methyl sites for hydroxylation is 1. The van der Waals surface area contributed by atoms with Gasteiger partial charge in [-0.25, -0.2) is 0 Å². The van der Waals surface area contributed by atoms with E-state index in [-0.39, 0.29) is 6.04 Å². The Balaban J connectivity index is 2.32. The number of rotatable bonds is 1. The van der Waals surface area contributed by atoms with Gasteiger partial charge < -0.3 is 10.3 Å². The lowest BCUT2D eigenvalue weighted by Gasteiger charge is -2.17. The lowest BCUT2D eigenvalue weighted by atomic mass is 9.92. The fraction of sp³-hybridized carbons (Fsp3) is 0.500. The summed E-state index contributed by atoms with van der Waals surface area (Å²) in [6.45, 7) is 0.430. The van der Waals surface area contributed by atoms with Crippen LogP contribution in [0.4, 0.5) is 0 Å². The Kier molecular flexibility index (Phi) is 2.07. The van der Waals surface area contributed by atoms with E-state index in [1.165, 1.54) is 17.5 Å². The molecule has 0 aromatic carbocycles. The molecule has 1 heterocycles. The molecule has 1 aromatic heterocycles. The highest BCUT2D eigenvalue weighted by Gasteiger charge is 2.18. The first kappa shape index (κ1) is 8.33. The number of nitrogens with zero attached hydrogens (tertiary/aromatic N) is 2. The monoisotopic (exact) mass is 175 g/mol. The summed E-state index contributed by atoms with van der Waals surface area (Å²) >= 11 is 0. The maximum atomic E-state index is 8.54. The van der Waals surface area contributed by atoms with Crippen LogP contribution in [-0.4, -0.2) is 4.57 Å². The van der Waals surface area contributed by atoms with Gasteiger partial charge in [-0.3, -0.25) is 0 Å². The lowest BCUT2D eigenvalue weighted by Crippen LogP contribution is -2.15. The average molecular weight is 175 g/mol. The Bertz CT molecular complexity index is 346. The standard InChI is InChI=1S/C10H13N3/c11-4-5-13-6-8-2-1-3-10(12)9(8)7-13/h6-7,10H,1-3,5,12H2. The summed E-state index contributed by atoms with van der Waals surface area (Å²) in [6, 6.07) is 2.31. The van der Waals surface area contributed by atoms with Crippen LogP contribution in [0.15, 0.2) is 12.4 Å². The second kappa shape index (κ2) is 3.23. The van der Waals surface area contributed by atoms with E-state index < -0.39 is 0 Å². The predicted molar refractivity (Wildman–Crippen MR) is 49.9 cm³/mol. The van der Waals surface area contributed by atoms with Crippen molar-refractivity contribution in [3.63, 3.8) is 0 Å². The van der Waals surface area contributed by atoms with Gasteiger partial charge in [0.1, 0.15) is 6.54 Å². The Hall–Kier alpha value is -1.27. The number of nitrogens with two attached hydrogens (primary N) is 1. The molecule has 0 saturated heterocycles. The van der Waals surface area contributed by atoms with Crippen LogP contribution in [0.5, 0.6) is 0 Å². The lowest BCUT2D eigenvalue weighted by molar-refractivity contribution is 0.573. The average Bonchev–Trinajstić information content (AvgIpc) is 2.49. The molecule has 1 aliphatic rings. The van der Waals surface area contributed by atoms with E-state index in [0.29, 0.717) is 6.54 Å². The third-order valence-corrected chi connectivity index (χ3v) is 2.61. The third kappa shape index (κ3) is 1.45. The van der Waals surface area contributed by atoms with Gasteiger partial charge in [-0.1, -0.05) is 0 Å². The van der Waals surface area contributed by atoms with Gasteiger partial charge >= 0.3 is 0 Å². The molecule has 1 atom stereocenters. The maximum absolute atomic E-state index is 8.54. The van der Waals surface area contributed by atoms with Crippen molar-refractivity contribution in [2.24, 2.45) is 5.73 Å². The van der Waals surface area contributed by atoms with E-state index in [2.05, 4.69) is 12.3 Å². The first-order valence-electron chi connectivity index (χ1n) is 4.62. The molecule has 0 radical (unpaired) electrons. The largest absolute Gasteiger partial charge is 0.340 e. The Labute approximate surface area is 77.8 Å². The SMILES string of the molecule is N#CCn1cc2c(c1)C(N)CCC2. The molecule has 0 saturated carbocycles. The highest BCUT2D eigenvalue weighted by atomic mass is 14.9. The summed E-state index contributed by atoms with van der Waals surface area (Å²) in [7, 11) is 0. The molecular weight excluding hydrogens is 162 g/mol. The predicted octanol–water partition coefficient (Wildman–Crippen LogP) is 1.35. The van der Waals surface area contributed by atoms with Gasteiger partial charge in [-0.2, -0.15) is 5.26 Å². The number of fused-ring (bicyclic) bond motifs is 1. The molecule has 0 fully saturated rings. The highest BCUT2D eigenvalue weighted by Crippen LogP contribution is 2.28. The van der Waals surface area contributed by atoms with Crippen LogP contribution in [0.1, 0.15) is 30.0 Å². The normalized spacial score (nSPS) is 20.8. The first-order chi connectivity index (χ1) is 6.31. The molecule has 3 nitrogen and oxygen atoms in total. The van der Waals surface area contributed by atoms with Crippen molar-refractivity contribution < 1.29 is 0 Å². The molecule has 2 N–H and O–H groups in total. The van der Waals surface area contributed by atoms with Gasteiger partial charge in [0.05, 0.1) is 6.07 Å². The molecule has 1 aliphatic carbocycles. The van der Waals surface area contributed by atoms with Gasteiger partial charge in [-0.15, -0.1) is 0 Å². The summed E-state index contributed by atoms with van der Waals surface area (Å²) in [6.07, 6.45) is 7.43. The van der Waals surface area contributed by atoms with Gasteiger partial charge in [-0.05, 0) is 30.4 Å². The Morgan fingerprint density at radius 2 is 2.46 bits per heavy atom. The van der Waals surface area contributed by atoms with Crippen LogP contribution in [0.2, 0.25) is 0 Å². The van der Waals surface area contributed by atoms with Gasteiger partial charge in [0.2, 0.25) is 0 Å².